The number of hydrogen-bond acceptors (Lipinski definition) is 3. The first kappa shape index (κ1) is 12.7. The number of aromatic nitrogens is 1. The van der Waals surface area contributed by atoms with Crippen LogP contribution in [0, 0.1) is 18.3 Å². The van der Waals surface area contributed by atoms with Crippen molar-refractivity contribution >= 4 is 21.7 Å². The monoisotopic (exact) mass is 282 g/mol. The van der Waals surface area contributed by atoms with Crippen LogP contribution in [0.15, 0.2) is 10.9 Å². The molecule has 1 heterocycles. The molecule has 1 atom stereocenters. The molecule has 0 radical (unpaired) electrons. The summed E-state index contributed by atoms with van der Waals surface area (Å²) in [6, 6.07) is 3.11. The number of aromatic amines is 1. The number of nitrogens with one attached hydrogen (secondary N) is 1. The summed E-state index contributed by atoms with van der Waals surface area (Å²) >= 11 is 3.25. The van der Waals surface area contributed by atoms with E-state index in [0.717, 1.165) is 0 Å². The molecule has 1 unspecified atom stereocenters. The number of ketones is 1. The average Bonchev–Trinajstić information content (AvgIpc) is 2.27. The van der Waals surface area contributed by atoms with Gasteiger partial charge in [-0.25, -0.2) is 0 Å². The van der Waals surface area contributed by atoms with Gasteiger partial charge in [0, 0.05) is 11.3 Å². The Bertz CT molecular complexity index is 514. The van der Waals surface area contributed by atoms with Gasteiger partial charge in [0.15, 0.2) is 5.78 Å². The van der Waals surface area contributed by atoms with E-state index in [1.165, 1.54) is 6.07 Å². The van der Waals surface area contributed by atoms with Crippen LogP contribution in [0.3, 0.4) is 0 Å². The van der Waals surface area contributed by atoms with Crippen LogP contribution in [0.5, 0.6) is 0 Å². The van der Waals surface area contributed by atoms with Crippen molar-refractivity contribution in [1.29, 1.82) is 5.26 Å². The predicted octanol–water partition coefficient (Wildman–Crippen LogP) is 1.91. The largest absolute Gasteiger partial charge is 0.325 e. The quantitative estimate of drug-likeness (QED) is 0.680. The lowest BCUT2D eigenvalue weighted by molar-refractivity contribution is 0.0989. The van der Waals surface area contributed by atoms with Crippen LogP contribution in [0.1, 0.15) is 35.0 Å². The zero-order valence-corrected chi connectivity index (χ0v) is 10.6. The number of H-pyrrole nitrogens is 1. The number of hydrogen-bond donors (Lipinski definition) is 1. The van der Waals surface area contributed by atoms with Gasteiger partial charge in [0.1, 0.15) is 11.6 Å². The van der Waals surface area contributed by atoms with E-state index in [9.17, 15) is 9.59 Å². The Hall–Kier alpha value is -1.41. The number of nitrogens with zero attached hydrogens (tertiary/aromatic N) is 1. The second-order valence-electron chi connectivity index (χ2n) is 3.40. The molecule has 0 fully saturated rings. The summed E-state index contributed by atoms with van der Waals surface area (Å²) < 4.78 is 0. The zero-order chi connectivity index (χ0) is 12.3. The molecule has 0 saturated carbocycles. The maximum atomic E-state index is 11.9. The molecule has 84 valence electrons. The smallest absolute Gasteiger partial charge is 0.266 e. The average molecular weight is 283 g/mol. The lowest BCUT2D eigenvalue weighted by atomic mass is 10.0. The van der Waals surface area contributed by atoms with Gasteiger partial charge in [0.05, 0.1) is 4.83 Å². The maximum Gasteiger partial charge on any atom is 0.266 e. The number of Topliss-reactive ketones (excluding diaryl/α,β-unsaturated/α-hetero) is 1. The molecule has 0 saturated heterocycles. The molecule has 5 heteroatoms. The third kappa shape index (κ3) is 2.39. The highest BCUT2D eigenvalue weighted by atomic mass is 79.9. The number of carbonyl (C=O) groups excluding carboxylic acids is 1. The molecule has 0 aliphatic carbocycles. The van der Waals surface area contributed by atoms with E-state index in [0.29, 0.717) is 17.7 Å². The summed E-state index contributed by atoms with van der Waals surface area (Å²) in [5.41, 5.74) is 0.385. The molecule has 4 nitrogen and oxygen atoms in total. The highest BCUT2D eigenvalue weighted by Crippen LogP contribution is 2.15. The Morgan fingerprint density at radius 2 is 2.31 bits per heavy atom. The van der Waals surface area contributed by atoms with E-state index in [4.69, 9.17) is 5.26 Å². The molecule has 0 bridgehead atoms. The molecular formula is C11H11BrN2O2. The molecular weight excluding hydrogens is 272 g/mol. The summed E-state index contributed by atoms with van der Waals surface area (Å²) in [6.45, 7) is 3.52. The Labute approximate surface area is 101 Å². The highest BCUT2D eigenvalue weighted by Gasteiger charge is 2.18. The molecule has 0 aliphatic heterocycles. The Kier molecular flexibility index (Phi) is 4.02. The van der Waals surface area contributed by atoms with Crippen molar-refractivity contribution in [3.8, 4) is 6.07 Å². The summed E-state index contributed by atoms with van der Waals surface area (Å²) in [5, 5.41) is 8.72. The zero-order valence-electron chi connectivity index (χ0n) is 9.00. The van der Waals surface area contributed by atoms with E-state index in [2.05, 4.69) is 20.9 Å². The molecule has 16 heavy (non-hydrogen) atoms. The van der Waals surface area contributed by atoms with Gasteiger partial charge in [-0.05, 0) is 19.4 Å². The van der Waals surface area contributed by atoms with Gasteiger partial charge in [0.25, 0.3) is 5.56 Å². The topological polar surface area (TPSA) is 73.7 Å². The second kappa shape index (κ2) is 5.08. The number of aryl methyl sites for hydroxylation is 1. The number of halogens is 1. The minimum Gasteiger partial charge on any atom is -0.325 e. The van der Waals surface area contributed by atoms with E-state index in [1.807, 2.05) is 6.92 Å². The standard InChI is InChI=1S/C11H11BrN2O2/c1-3-9(12)10(15)8-4-7(5-13)11(16)14-6(8)2/h4,9H,3H2,1-2H3,(H,14,16). The van der Waals surface area contributed by atoms with E-state index >= 15 is 0 Å². The van der Waals surface area contributed by atoms with Gasteiger partial charge in [-0.1, -0.05) is 22.9 Å². The van der Waals surface area contributed by atoms with Gasteiger partial charge < -0.3 is 4.98 Å². The van der Waals surface area contributed by atoms with E-state index in [1.54, 1.807) is 13.0 Å². The molecule has 0 aliphatic rings. The molecule has 1 aromatic heterocycles. The van der Waals surface area contributed by atoms with Crippen molar-refractivity contribution in [3.63, 3.8) is 0 Å². The summed E-state index contributed by atoms with van der Waals surface area (Å²) in [4.78, 5) is 25.4. The van der Waals surface area contributed by atoms with Crippen molar-refractivity contribution in [2.24, 2.45) is 0 Å². The van der Waals surface area contributed by atoms with Crippen LogP contribution in [0.25, 0.3) is 0 Å². The fraction of sp³-hybridized carbons (Fsp3) is 0.364. The lowest BCUT2D eigenvalue weighted by Gasteiger charge is -2.08. The normalized spacial score (nSPS) is 11.9. The molecule has 0 spiro atoms. The first-order chi connectivity index (χ1) is 7.51. The van der Waals surface area contributed by atoms with Gasteiger partial charge in [-0.2, -0.15) is 5.26 Å². The van der Waals surface area contributed by atoms with Crippen molar-refractivity contribution in [3.05, 3.63) is 33.2 Å². The van der Waals surface area contributed by atoms with Gasteiger partial charge >= 0.3 is 0 Å². The Balaban J connectivity index is 3.31. The molecule has 1 rings (SSSR count). The van der Waals surface area contributed by atoms with Crippen molar-refractivity contribution < 1.29 is 4.79 Å². The number of carbonyl (C=O) groups is 1. The molecule has 1 aromatic rings. The number of pyridine rings is 1. The van der Waals surface area contributed by atoms with Crippen LogP contribution in [0.4, 0.5) is 0 Å². The molecule has 0 aromatic carbocycles. The van der Waals surface area contributed by atoms with Crippen molar-refractivity contribution in [2.45, 2.75) is 25.1 Å². The van der Waals surface area contributed by atoms with E-state index in [-0.39, 0.29) is 16.2 Å². The Morgan fingerprint density at radius 1 is 1.69 bits per heavy atom. The van der Waals surface area contributed by atoms with Gasteiger partial charge in [-0.3, -0.25) is 9.59 Å². The van der Waals surface area contributed by atoms with Crippen LogP contribution in [-0.2, 0) is 0 Å². The third-order valence-corrected chi connectivity index (χ3v) is 3.33. The number of nitriles is 1. The van der Waals surface area contributed by atoms with Crippen LogP contribution in [0.2, 0.25) is 0 Å². The first-order valence-electron chi connectivity index (χ1n) is 4.83. The van der Waals surface area contributed by atoms with Crippen LogP contribution >= 0.6 is 15.9 Å². The SMILES string of the molecule is CCC(Br)C(=O)c1cc(C#N)c(=O)[nH]c1C. The third-order valence-electron chi connectivity index (χ3n) is 2.27. The predicted molar refractivity (Wildman–Crippen MR) is 63.9 cm³/mol. The molecule has 0 amide bonds. The fourth-order valence-corrected chi connectivity index (χ4v) is 1.56. The molecule has 1 N–H and O–H groups in total. The number of alkyl halides is 1. The van der Waals surface area contributed by atoms with Crippen LogP contribution < -0.4 is 5.56 Å². The number of rotatable bonds is 3. The fourth-order valence-electron chi connectivity index (χ4n) is 1.32. The summed E-state index contributed by atoms with van der Waals surface area (Å²) in [7, 11) is 0. The van der Waals surface area contributed by atoms with Crippen molar-refractivity contribution in [2.75, 3.05) is 0 Å². The van der Waals surface area contributed by atoms with Gasteiger partial charge in [0.2, 0.25) is 0 Å². The maximum absolute atomic E-state index is 11.9. The van der Waals surface area contributed by atoms with Crippen LogP contribution in [-0.4, -0.2) is 15.6 Å². The van der Waals surface area contributed by atoms with Crippen molar-refractivity contribution in [1.82, 2.24) is 4.98 Å². The summed E-state index contributed by atoms with van der Waals surface area (Å²) in [5.74, 6) is -0.118. The minimum absolute atomic E-state index is 0.0373. The van der Waals surface area contributed by atoms with Gasteiger partial charge in [-0.15, -0.1) is 0 Å². The highest BCUT2D eigenvalue weighted by molar-refractivity contribution is 9.10. The van der Waals surface area contributed by atoms with E-state index < -0.39 is 5.56 Å². The first-order valence-corrected chi connectivity index (χ1v) is 5.75. The lowest BCUT2D eigenvalue weighted by Crippen LogP contribution is -2.20. The second-order valence-corrected chi connectivity index (χ2v) is 4.51. The minimum atomic E-state index is -0.459. The Morgan fingerprint density at radius 3 is 2.81 bits per heavy atom. The summed E-state index contributed by atoms with van der Waals surface area (Å²) in [6.07, 6.45) is 0.652.